The molecule has 1 aromatic rings. The third-order valence-electron chi connectivity index (χ3n) is 2.20. The number of urea groups is 1. The molecule has 0 radical (unpaired) electrons. The Hall–Kier alpha value is -1.06. The van der Waals surface area contributed by atoms with Crippen molar-refractivity contribution in [3.8, 4) is 0 Å². The molecule has 0 saturated heterocycles. The second kappa shape index (κ2) is 7.51. The third-order valence-corrected chi connectivity index (χ3v) is 3.20. The first-order valence-electron chi connectivity index (χ1n) is 5.30. The molecular weight excluding hydrogens is 386 g/mol. The van der Waals surface area contributed by atoms with Crippen LogP contribution in [0.5, 0.6) is 0 Å². The van der Waals surface area contributed by atoms with Gasteiger partial charge in [-0.2, -0.15) is 0 Å². The van der Waals surface area contributed by atoms with Crippen LogP contribution in [-0.4, -0.2) is 34.9 Å². The van der Waals surface area contributed by atoms with Gasteiger partial charge in [-0.25, -0.2) is 9.59 Å². The number of hydrogen-bond donors (Lipinski definition) is 4. The largest absolute Gasteiger partial charge is 0.480 e. The number of carboxylic acids is 1. The third kappa shape index (κ3) is 5.21. The molecule has 1 atom stereocenters. The van der Waals surface area contributed by atoms with Gasteiger partial charge in [0, 0.05) is 16.6 Å². The number of aliphatic hydroxyl groups excluding tert-OH is 1. The molecule has 0 aliphatic heterocycles. The fraction of sp³-hybridized carbons (Fsp3) is 0.273. The number of nitrogens with one attached hydrogen (secondary N) is 2. The molecule has 1 rings (SSSR count). The minimum Gasteiger partial charge on any atom is -0.480 e. The summed E-state index contributed by atoms with van der Waals surface area (Å²) in [6.45, 7) is -0.332. The zero-order chi connectivity index (χ0) is 14.4. The first-order chi connectivity index (χ1) is 8.93. The van der Waals surface area contributed by atoms with Crippen LogP contribution >= 0.6 is 34.2 Å². The minimum atomic E-state index is -1.21. The van der Waals surface area contributed by atoms with Crippen molar-refractivity contribution in [3.05, 3.63) is 26.8 Å². The fourth-order valence-corrected chi connectivity index (χ4v) is 1.95. The van der Waals surface area contributed by atoms with E-state index in [4.69, 9.17) is 21.8 Å². The lowest BCUT2D eigenvalue weighted by Gasteiger charge is -2.14. The summed E-state index contributed by atoms with van der Waals surface area (Å²) in [5.74, 6) is -1.21. The summed E-state index contributed by atoms with van der Waals surface area (Å²) >= 11 is 7.96. The Morgan fingerprint density at radius 3 is 2.68 bits per heavy atom. The Bertz CT molecular complexity index is 484. The second-order valence-corrected chi connectivity index (χ2v) is 5.28. The van der Waals surface area contributed by atoms with Crippen LogP contribution in [0.2, 0.25) is 5.02 Å². The Morgan fingerprint density at radius 1 is 1.42 bits per heavy atom. The van der Waals surface area contributed by atoms with E-state index in [0.29, 0.717) is 10.7 Å². The van der Waals surface area contributed by atoms with Gasteiger partial charge >= 0.3 is 12.0 Å². The lowest BCUT2D eigenvalue weighted by atomic mass is 10.2. The van der Waals surface area contributed by atoms with E-state index in [-0.39, 0.29) is 13.0 Å². The summed E-state index contributed by atoms with van der Waals surface area (Å²) in [5.41, 5.74) is 0.388. The van der Waals surface area contributed by atoms with Gasteiger partial charge in [-0.05, 0) is 40.8 Å². The van der Waals surface area contributed by atoms with E-state index in [0.717, 1.165) is 3.57 Å². The maximum atomic E-state index is 11.6. The first kappa shape index (κ1) is 16.0. The van der Waals surface area contributed by atoms with Crippen LogP contribution in [-0.2, 0) is 4.79 Å². The van der Waals surface area contributed by atoms with Gasteiger partial charge in [0.15, 0.2) is 0 Å². The van der Waals surface area contributed by atoms with Crippen LogP contribution in [0.1, 0.15) is 6.42 Å². The molecule has 1 unspecified atom stereocenters. The number of carbonyl (C=O) groups excluding carboxylic acids is 1. The molecule has 0 aliphatic rings. The number of aliphatic carboxylic acids is 1. The quantitative estimate of drug-likeness (QED) is 0.569. The monoisotopic (exact) mass is 398 g/mol. The summed E-state index contributed by atoms with van der Waals surface area (Å²) in [5, 5.41) is 22.6. The summed E-state index contributed by atoms with van der Waals surface area (Å²) in [6, 6.07) is 3.22. The molecule has 4 N–H and O–H groups in total. The molecule has 0 saturated carbocycles. The molecule has 2 amide bonds. The van der Waals surface area contributed by atoms with Crippen LogP contribution in [0, 0.1) is 3.57 Å². The van der Waals surface area contributed by atoms with Crippen LogP contribution in [0.25, 0.3) is 0 Å². The Labute approximate surface area is 128 Å². The van der Waals surface area contributed by atoms with Crippen molar-refractivity contribution in [1.29, 1.82) is 0 Å². The fourth-order valence-electron chi connectivity index (χ4n) is 1.30. The average Bonchev–Trinajstić information content (AvgIpc) is 2.33. The van der Waals surface area contributed by atoms with Crippen molar-refractivity contribution < 1.29 is 19.8 Å². The predicted octanol–water partition coefficient (Wildman–Crippen LogP) is 1.90. The smallest absolute Gasteiger partial charge is 0.326 e. The first-order valence-corrected chi connectivity index (χ1v) is 6.76. The highest BCUT2D eigenvalue weighted by Gasteiger charge is 2.19. The molecule has 0 aliphatic carbocycles. The van der Waals surface area contributed by atoms with Gasteiger partial charge in [0.25, 0.3) is 0 Å². The molecule has 0 heterocycles. The molecule has 19 heavy (non-hydrogen) atoms. The summed E-state index contributed by atoms with van der Waals surface area (Å²) < 4.78 is 0.877. The number of halogens is 2. The van der Waals surface area contributed by atoms with Gasteiger partial charge in [-0.1, -0.05) is 11.6 Å². The normalized spacial score (nSPS) is 11.7. The Morgan fingerprint density at radius 2 is 2.11 bits per heavy atom. The SMILES string of the molecule is O=C(Nc1cc(I)ccc1Cl)NC(CCO)C(=O)O. The van der Waals surface area contributed by atoms with Gasteiger partial charge in [0.2, 0.25) is 0 Å². The van der Waals surface area contributed by atoms with E-state index in [1.54, 1.807) is 18.2 Å². The number of carboxylic acid groups (broad SMARTS) is 1. The second-order valence-electron chi connectivity index (χ2n) is 3.63. The number of anilines is 1. The van der Waals surface area contributed by atoms with Crippen LogP contribution in [0.15, 0.2) is 18.2 Å². The molecule has 0 spiro atoms. The van der Waals surface area contributed by atoms with Crippen molar-refractivity contribution in [2.75, 3.05) is 11.9 Å². The lowest BCUT2D eigenvalue weighted by molar-refractivity contribution is -0.139. The topological polar surface area (TPSA) is 98.7 Å². The standard InChI is InChI=1S/C11H12ClIN2O4/c12-7-2-1-6(13)5-9(7)15-11(19)14-8(3-4-16)10(17)18/h1-2,5,8,16H,3-4H2,(H,17,18)(H2,14,15,19). The number of amides is 2. The highest BCUT2D eigenvalue weighted by Crippen LogP contribution is 2.23. The highest BCUT2D eigenvalue weighted by molar-refractivity contribution is 14.1. The van der Waals surface area contributed by atoms with Crippen molar-refractivity contribution in [3.63, 3.8) is 0 Å². The number of hydrogen-bond acceptors (Lipinski definition) is 3. The van der Waals surface area contributed by atoms with Crippen LogP contribution in [0.3, 0.4) is 0 Å². The van der Waals surface area contributed by atoms with Gasteiger partial charge in [0.05, 0.1) is 10.7 Å². The van der Waals surface area contributed by atoms with E-state index in [1.807, 2.05) is 0 Å². The Balaban J connectivity index is 2.68. The van der Waals surface area contributed by atoms with Crippen molar-refractivity contribution in [1.82, 2.24) is 5.32 Å². The molecule has 0 fully saturated rings. The van der Waals surface area contributed by atoms with Crippen LogP contribution in [0.4, 0.5) is 10.5 Å². The van der Waals surface area contributed by atoms with Gasteiger partial charge in [0.1, 0.15) is 6.04 Å². The maximum Gasteiger partial charge on any atom is 0.326 e. The summed E-state index contributed by atoms with van der Waals surface area (Å²) in [6.07, 6.45) is -0.0667. The molecule has 1 aromatic carbocycles. The molecule has 6 nitrogen and oxygen atoms in total. The molecule has 0 bridgehead atoms. The maximum absolute atomic E-state index is 11.6. The average molecular weight is 399 g/mol. The number of benzene rings is 1. The van der Waals surface area contributed by atoms with Crippen molar-refractivity contribution in [2.24, 2.45) is 0 Å². The molecule has 8 heteroatoms. The van der Waals surface area contributed by atoms with Crippen LogP contribution < -0.4 is 10.6 Å². The summed E-state index contributed by atoms with van der Waals surface area (Å²) in [4.78, 5) is 22.5. The van der Waals surface area contributed by atoms with E-state index in [1.165, 1.54) is 0 Å². The molecule has 104 valence electrons. The number of rotatable bonds is 5. The predicted molar refractivity (Wildman–Crippen MR) is 79.5 cm³/mol. The number of aliphatic hydroxyl groups is 1. The zero-order valence-electron chi connectivity index (χ0n) is 9.69. The van der Waals surface area contributed by atoms with Crippen molar-refractivity contribution in [2.45, 2.75) is 12.5 Å². The van der Waals surface area contributed by atoms with E-state index in [9.17, 15) is 9.59 Å². The summed E-state index contributed by atoms with van der Waals surface area (Å²) in [7, 11) is 0. The number of carbonyl (C=O) groups is 2. The van der Waals surface area contributed by atoms with Gasteiger partial charge in [-0.15, -0.1) is 0 Å². The van der Waals surface area contributed by atoms with Gasteiger partial charge < -0.3 is 20.8 Å². The molecule has 0 aromatic heterocycles. The van der Waals surface area contributed by atoms with E-state index in [2.05, 4.69) is 33.2 Å². The minimum absolute atomic E-state index is 0.0667. The highest BCUT2D eigenvalue weighted by atomic mass is 127. The molecular formula is C11H12ClIN2O4. The van der Waals surface area contributed by atoms with E-state index < -0.39 is 18.0 Å². The van der Waals surface area contributed by atoms with E-state index >= 15 is 0 Å². The van der Waals surface area contributed by atoms with Gasteiger partial charge in [-0.3, -0.25) is 0 Å². The Kier molecular flexibility index (Phi) is 6.32. The van der Waals surface area contributed by atoms with Crippen molar-refractivity contribution >= 4 is 51.9 Å². The zero-order valence-corrected chi connectivity index (χ0v) is 12.6. The lowest BCUT2D eigenvalue weighted by Crippen LogP contribution is -2.43.